The fourth-order valence-electron chi connectivity index (χ4n) is 6.35. The first-order valence-electron chi connectivity index (χ1n) is 15.5. The molecule has 2 fully saturated rings. The minimum atomic E-state index is -0.119. The standard InChI is InChI=1S/C34H39N7O3/c1-39(2)34-35-11-8-27(37-34)22-40-12-9-25(10-13-40)36-26-6-7-31-24(19-26)18-23-4-3-5-29(33(23)44-31)30-20-28(21-32(42)38-30)41-14-16-43-17-15-41/h3-8,11,19-21,25,36H,9-10,12-18,22H2,1-2H3,(H,38,42). The van der Waals surface area contributed by atoms with E-state index in [0.29, 0.717) is 19.3 Å². The Morgan fingerprint density at radius 2 is 1.84 bits per heavy atom. The van der Waals surface area contributed by atoms with Gasteiger partial charge in [-0.3, -0.25) is 9.69 Å². The molecule has 0 amide bonds. The highest BCUT2D eigenvalue weighted by atomic mass is 16.5. The van der Waals surface area contributed by atoms with E-state index in [4.69, 9.17) is 9.47 Å². The molecule has 2 saturated heterocycles. The van der Waals surface area contributed by atoms with Gasteiger partial charge in [-0.25, -0.2) is 9.97 Å². The summed E-state index contributed by atoms with van der Waals surface area (Å²) in [6, 6.07) is 18.7. The van der Waals surface area contributed by atoms with Crippen molar-refractivity contribution in [2.75, 3.05) is 68.6 Å². The fourth-order valence-corrected chi connectivity index (χ4v) is 6.35. The summed E-state index contributed by atoms with van der Waals surface area (Å²) >= 11 is 0. The number of anilines is 3. The smallest absolute Gasteiger partial charge is 0.250 e. The minimum absolute atomic E-state index is 0.119. The summed E-state index contributed by atoms with van der Waals surface area (Å²) in [5, 5.41) is 3.78. The summed E-state index contributed by atoms with van der Waals surface area (Å²) < 4.78 is 12.0. The second-order valence-electron chi connectivity index (χ2n) is 12.0. The zero-order chi connectivity index (χ0) is 30.0. The van der Waals surface area contributed by atoms with Gasteiger partial charge in [0.1, 0.15) is 11.5 Å². The van der Waals surface area contributed by atoms with Gasteiger partial charge >= 0.3 is 0 Å². The Labute approximate surface area is 257 Å². The average Bonchev–Trinajstić information content (AvgIpc) is 3.04. The largest absolute Gasteiger partial charge is 0.456 e. The third-order valence-electron chi connectivity index (χ3n) is 8.69. The number of morpholine rings is 1. The molecule has 3 aliphatic rings. The molecule has 2 N–H and O–H groups in total. The van der Waals surface area contributed by atoms with Crippen molar-refractivity contribution in [3.05, 3.63) is 88.0 Å². The van der Waals surface area contributed by atoms with Gasteiger partial charge in [0.2, 0.25) is 11.5 Å². The zero-order valence-electron chi connectivity index (χ0n) is 25.4. The van der Waals surface area contributed by atoms with Crippen LogP contribution in [-0.2, 0) is 17.7 Å². The van der Waals surface area contributed by atoms with Gasteiger partial charge in [-0.1, -0.05) is 12.1 Å². The molecule has 0 atom stereocenters. The summed E-state index contributed by atoms with van der Waals surface area (Å²) in [5.74, 6) is 2.42. The third kappa shape index (κ3) is 6.13. The van der Waals surface area contributed by atoms with E-state index in [1.165, 1.54) is 0 Å². The highest BCUT2D eigenvalue weighted by molar-refractivity contribution is 5.74. The van der Waals surface area contributed by atoms with Gasteiger partial charge in [0.25, 0.3) is 0 Å². The number of ether oxygens (including phenoxy) is 2. The molecule has 0 radical (unpaired) electrons. The zero-order valence-corrected chi connectivity index (χ0v) is 25.4. The number of H-pyrrole nitrogens is 1. The number of pyridine rings is 1. The lowest BCUT2D eigenvalue weighted by atomic mass is 9.96. The van der Waals surface area contributed by atoms with Gasteiger partial charge in [0, 0.05) is 94.0 Å². The Kier molecular flexibility index (Phi) is 7.93. The number of nitrogens with one attached hydrogen (secondary N) is 2. The number of aromatic nitrogens is 3. The summed E-state index contributed by atoms with van der Waals surface area (Å²) in [6.07, 6.45) is 4.77. The van der Waals surface area contributed by atoms with E-state index in [0.717, 1.165) is 109 Å². The summed E-state index contributed by atoms with van der Waals surface area (Å²) in [4.78, 5) is 31.3. The Balaban J connectivity index is 1.01. The number of piperidine rings is 1. The lowest BCUT2D eigenvalue weighted by molar-refractivity contribution is 0.122. The Bertz CT molecular complexity index is 1690. The number of rotatable bonds is 7. The predicted molar refractivity (Wildman–Crippen MR) is 173 cm³/mol. The van der Waals surface area contributed by atoms with Crippen molar-refractivity contribution in [2.24, 2.45) is 0 Å². The molecule has 7 rings (SSSR count). The van der Waals surface area contributed by atoms with Crippen molar-refractivity contribution in [3.8, 4) is 22.8 Å². The van der Waals surface area contributed by atoms with Crippen molar-refractivity contribution in [2.45, 2.75) is 31.8 Å². The van der Waals surface area contributed by atoms with E-state index in [1.54, 1.807) is 6.07 Å². The van der Waals surface area contributed by atoms with E-state index >= 15 is 0 Å². The normalized spacial score (nSPS) is 17.0. The molecule has 0 saturated carbocycles. The summed E-state index contributed by atoms with van der Waals surface area (Å²) in [6.45, 7) is 5.78. The number of fused-ring (bicyclic) bond motifs is 2. The highest BCUT2D eigenvalue weighted by Gasteiger charge is 2.24. The first-order valence-corrected chi connectivity index (χ1v) is 15.5. The van der Waals surface area contributed by atoms with Gasteiger partial charge in [-0.2, -0.15) is 0 Å². The van der Waals surface area contributed by atoms with Crippen LogP contribution in [0.3, 0.4) is 0 Å². The average molecular weight is 594 g/mol. The number of aromatic amines is 1. The van der Waals surface area contributed by atoms with Gasteiger partial charge in [0.15, 0.2) is 0 Å². The van der Waals surface area contributed by atoms with Gasteiger partial charge in [-0.15, -0.1) is 0 Å². The van der Waals surface area contributed by atoms with Crippen LogP contribution >= 0.6 is 0 Å². The minimum Gasteiger partial charge on any atom is -0.456 e. The maximum atomic E-state index is 12.7. The van der Waals surface area contributed by atoms with E-state index in [9.17, 15) is 4.79 Å². The van der Waals surface area contributed by atoms with Gasteiger partial charge in [0.05, 0.1) is 24.6 Å². The van der Waals surface area contributed by atoms with Gasteiger partial charge < -0.3 is 29.6 Å². The third-order valence-corrected chi connectivity index (χ3v) is 8.69. The van der Waals surface area contributed by atoms with Crippen molar-refractivity contribution < 1.29 is 9.47 Å². The molecular weight excluding hydrogens is 554 g/mol. The molecule has 2 aromatic carbocycles. The summed E-state index contributed by atoms with van der Waals surface area (Å²) in [7, 11) is 3.93. The molecule has 10 nitrogen and oxygen atoms in total. The second-order valence-corrected chi connectivity index (χ2v) is 12.0. The molecule has 5 heterocycles. The molecule has 10 heteroatoms. The Morgan fingerprint density at radius 1 is 1.00 bits per heavy atom. The fraction of sp³-hybridized carbons (Fsp3) is 0.382. The van der Waals surface area contributed by atoms with E-state index < -0.39 is 0 Å². The number of benzene rings is 2. The molecule has 2 aromatic heterocycles. The van der Waals surface area contributed by atoms with Crippen LogP contribution in [0.1, 0.15) is 29.7 Å². The van der Waals surface area contributed by atoms with E-state index in [-0.39, 0.29) is 5.56 Å². The van der Waals surface area contributed by atoms with E-state index in [1.807, 2.05) is 49.5 Å². The van der Waals surface area contributed by atoms with Crippen LogP contribution in [0.5, 0.6) is 11.5 Å². The highest BCUT2D eigenvalue weighted by Crippen LogP contribution is 2.43. The number of nitrogens with zero attached hydrogens (tertiary/aromatic N) is 5. The number of hydrogen-bond donors (Lipinski definition) is 2. The van der Waals surface area contributed by atoms with Crippen molar-refractivity contribution in [1.82, 2.24) is 19.9 Å². The number of para-hydroxylation sites is 1. The molecule has 3 aliphatic heterocycles. The van der Waals surface area contributed by atoms with Crippen LogP contribution in [0.15, 0.2) is 65.6 Å². The van der Waals surface area contributed by atoms with Crippen LogP contribution in [0.4, 0.5) is 17.3 Å². The SMILES string of the molecule is CN(C)c1nccc(CN2CCC(Nc3ccc4c(c3)Cc3cccc(-c5cc(N6CCOCC6)cc(=O)[nH]5)c3O4)CC2)n1. The quantitative estimate of drug-likeness (QED) is 0.283. The van der Waals surface area contributed by atoms with Crippen molar-refractivity contribution in [3.63, 3.8) is 0 Å². The molecule has 44 heavy (non-hydrogen) atoms. The molecule has 0 unspecified atom stereocenters. The molecule has 4 aromatic rings. The number of likely N-dealkylation sites (tertiary alicyclic amines) is 1. The molecule has 0 aliphatic carbocycles. The molecular formula is C34H39N7O3. The van der Waals surface area contributed by atoms with Crippen LogP contribution < -0.4 is 25.4 Å². The lowest BCUT2D eigenvalue weighted by Gasteiger charge is -2.33. The monoisotopic (exact) mass is 593 g/mol. The first kappa shape index (κ1) is 28.4. The van der Waals surface area contributed by atoms with Crippen molar-refractivity contribution >= 4 is 17.3 Å². The molecule has 0 spiro atoms. The number of hydrogen-bond acceptors (Lipinski definition) is 9. The first-order chi connectivity index (χ1) is 21.5. The maximum Gasteiger partial charge on any atom is 0.250 e. The van der Waals surface area contributed by atoms with Gasteiger partial charge in [-0.05, 0) is 54.8 Å². The molecule has 0 bridgehead atoms. The Hall–Kier alpha value is -4.41. The Morgan fingerprint density at radius 3 is 2.66 bits per heavy atom. The van der Waals surface area contributed by atoms with Crippen LogP contribution in [0.2, 0.25) is 0 Å². The van der Waals surface area contributed by atoms with Crippen LogP contribution in [0.25, 0.3) is 11.3 Å². The lowest BCUT2D eigenvalue weighted by Crippen LogP contribution is -2.38. The topological polar surface area (TPSA) is 98.9 Å². The summed E-state index contributed by atoms with van der Waals surface area (Å²) in [5.41, 5.74) is 6.91. The van der Waals surface area contributed by atoms with Crippen molar-refractivity contribution in [1.29, 1.82) is 0 Å². The predicted octanol–water partition coefficient (Wildman–Crippen LogP) is 4.51. The van der Waals surface area contributed by atoms with Crippen LogP contribution in [-0.4, -0.2) is 79.4 Å². The van der Waals surface area contributed by atoms with E-state index in [2.05, 4.69) is 54.3 Å². The second kappa shape index (κ2) is 12.3. The van der Waals surface area contributed by atoms with Crippen LogP contribution in [0, 0.1) is 0 Å². The maximum absolute atomic E-state index is 12.7. The molecule has 228 valence electrons.